The number of aromatic nitrogens is 1. The summed E-state index contributed by atoms with van der Waals surface area (Å²) in [4.78, 5) is 45.2. The lowest BCUT2D eigenvalue weighted by molar-refractivity contribution is -0.113. The molecule has 0 saturated carbocycles. The normalized spacial score (nSPS) is 14.1. The van der Waals surface area contributed by atoms with Crippen LogP contribution in [0.3, 0.4) is 0 Å². The molecule has 11 heteroatoms. The summed E-state index contributed by atoms with van der Waals surface area (Å²) in [6, 6.07) is 28.6. The van der Waals surface area contributed by atoms with Crippen LogP contribution in [-0.2, 0) is 16.1 Å². The van der Waals surface area contributed by atoms with E-state index in [4.69, 9.17) is 19.2 Å². The predicted octanol–water partition coefficient (Wildman–Crippen LogP) is 6.79. The first-order valence-corrected chi connectivity index (χ1v) is 17.7. The average Bonchev–Trinajstić information content (AvgIpc) is 3.42. The number of hydrogen-bond donors (Lipinski definition) is 1. The van der Waals surface area contributed by atoms with Crippen molar-refractivity contribution < 1.29 is 23.8 Å². The van der Waals surface area contributed by atoms with Gasteiger partial charge in [-0.2, -0.15) is 0 Å². The van der Waals surface area contributed by atoms with Gasteiger partial charge in [-0.3, -0.25) is 14.2 Å². The van der Waals surface area contributed by atoms with Crippen molar-refractivity contribution in [3.05, 3.63) is 155 Å². The van der Waals surface area contributed by atoms with Gasteiger partial charge in [0, 0.05) is 5.69 Å². The predicted molar refractivity (Wildman–Crippen MR) is 197 cm³/mol. The summed E-state index contributed by atoms with van der Waals surface area (Å²) in [5, 5.41) is 2.98. The van der Waals surface area contributed by atoms with E-state index in [9.17, 15) is 14.4 Å². The lowest BCUT2D eigenvalue weighted by atomic mass is 9.95. The average molecular weight is 753 g/mol. The summed E-state index contributed by atoms with van der Waals surface area (Å²) in [6.45, 7) is 6.62. The summed E-state index contributed by atoms with van der Waals surface area (Å²) < 4.78 is 19.5. The topological polar surface area (TPSA) is 108 Å². The number of halogens is 1. The third kappa shape index (κ3) is 7.64. The molecule has 254 valence electrons. The molecule has 1 amide bonds. The second-order valence-corrected chi connectivity index (χ2v) is 13.2. The molecular formula is C39H34BrN3O6S. The molecule has 5 aromatic rings. The summed E-state index contributed by atoms with van der Waals surface area (Å²) in [6.07, 6.45) is 1.81. The van der Waals surface area contributed by atoms with Crippen LogP contribution >= 0.6 is 27.3 Å². The van der Waals surface area contributed by atoms with E-state index in [-0.39, 0.29) is 17.4 Å². The second kappa shape index (κ2) is 15.5. The van der Waals surface area contributed by atoms with Crippen LogP contribution in [0.5, 0.6) is 11.5 Å². The summed E-state index contributed by atoms with van der Waals surface area (Å²) in [5.74, 6) is 0.629. The zero-order valence-electron chi connectivity index (χ0n) is 27.6. The van der Waals surface area contributed by atoms with Crippen molar-refractivity contribution >= 4 is 50.9 Å². The number of ether oxygens (including phenoxy) is 3. The van der Waals surface area contributed by atoms with Crippen molar-refractivity contribution in [1.82, 2.24) is 4.57 Å². The molecule has 50 heavy (non-hydrogen) atoms. The van der Waals surface area contributed by atoms with E-state index in [1.165, 1.54) is 11.3 Å². The molecule has 0 fully saturated rings. The highest BCUT2D eigenvalue weighted by Gasteiger charge is 2.32. The van der Waals surface area contributed by atoms with Gasteiger partial charge in [0.1, 0.15) is 18.1 Å². The van der Waals surface area contributed by atoms with E-state index in [0.717, 1.165) is 16.7 Å². The smallest absolute Gasteiger partial charge is 0.338 e. The number of allylic oxidation sites excluding steroid dienone is 1. The lowest BCUT2D eigenvalue weighted by Gasteiger charge is -2.25. The van der Waals surface area contributed by atoms with Crippen LogP contribution in [0.25, 0.3) is 6.08 Å². The molecule has 2 heterocycles. The first kappa shape index (κ1) is 34.6. The SMILES string of the molecule is CCOC(=O)c1ccc(COc2ccc(/C=c3\sc4n(c3=O)[C@@H](c3ccc(OCC)cc3)C(C(=O)Nc3ccccc3)=C(C)N=4)cc2Br)cc1. The Balaban J connectivity index is 1.30. The number of rotatable bonds is 11. The largest absolute Gasteiger partial charge is 0.494 e. The molecule has 6 rings (SSSR count). The first-order chi connectivity index (χ1) is 24.2. The number of amides is 1. The van der Waals surface area contributed by atoms with Gasteiger partial charge in [0.25, 0.3) is 11.5 Å². The fourth-order valence-electron chi connectivity index (χ4n) is 5.55. The number of esters is 1. The Labute approximate surface area is 301 Å². The summed E-state index contributed by atoms with van der Waals surface area (Å²) in [5.41, 5.74) is 4.22. The number of anilines is 1. The summed E-state index contributed by atoms with van der Waals surface area (Å²) in [7, 11) is 0. The maximum Gasteiger partial charge on any atom is 0.338 e. The van der Waals surface area contributed by atoms with Crippen molar-refractivity contribution in [1.29, 1.82) is 0 Å². The fraction of sp³-hybridized carbons (Fsp3) is 0.179. The zero-order chi connectivity index (χ0) is 35.2. The molecule has 0 aliphatic carbocycles. The van der Waals surface area contributed by atoms with E-state index < -0.39 is 6.04 Å². The van der Waals surface area contributed by atoms with Crippen molar-refractivity contribution in [2.45, 2.75) is 33.4 Å². The third-order valence-electron chi connectivity index (χ3n) is 7.92. The number of nitrogens with one attached hydrogen (secondary N) is 1. The van der Waals surface area contributed by atoms with Gasteiger partial charge in [-0.25, -0.2) is 9.79 Å². The number of fused-ring (bicyclic) bond motifs is 1. The van der Waals surface area contributed by atoms with Crippen LogP contribution in [0.2, 0.25) is 0 Å². The van der Waals surface area contributed by atoms with Crippen molar-refractivity contribution in [3.63, 3.8) is 0 Å². The van der Waals surface area contributed by atoms with Crippen molar-refractivity contribution in [2.24, 2.45) is 4.99 Å². The highest BCUT2D eigenvalue weighted by Crippen LogP contribution is 2.32. The van der Waals surface area contributed by atoms with Crippen LogP contribution in [0.15, 0.2) is 123 Å². The molecule has 1 aliphatic rings. The lowest BCUT2D eigenvalue weighted by Crippen LogP contribution is -2.40. The minimum atomic E-state index is -0.707. The van der Waals surface area contributed by atoms with Crippen molar-refractivity contribution in [3.8, 4) is 11.5 Å². The van der Waals surface area contributed by atoms with Crippen LogP contribution in [-0.4, -0.2) is 29.7 Å². The quantitative estimate of drug-likeness (QED) is 0.149. The van der Waals surface area contributed by atoms with Gasteiger partial charge in [0.15, 0.2) is 4.80 Å². The van der Waals surface area contributed by atoms with E-state index in [0.29, 0.717) is 67.6 Å². The Bertz CT molecular complexity index is 2240. The maximum atomic E-state index is 14.2. The Morgan fingerprint density at radius 2 is 1.68 bits per heavy atom. The Morgan fingerprint density at radius 3 is 2.36 bits per heavy atom. The molecule has 0 radical (unpaired) electrons. The molecule has 0 unspecified atom stereocenters. The molecule has 0 spiro atoms. The monoisotopic (exact) mass is 751 g/mol. The fourth-order valence-corrected chi connectivity index (χ4v) is 7.11. The molecule has 1 atom stereocenters. The van der Waals surface area contributed by atoms with Gasteiger partial charge < -0.3 is 19.5 Å². The number of para-hydroxylation sites is 1. The molecule has 4 aromatic carbocycles. The number of benzene rings is 4. The Kier molecular flexibility index (Phi) is 10.7. The maximum absolute atomic E-state index is 14.2. The molecular weight excluding hydrogens is 718 g/mol. The first-order valence-electron chi connectivity index (χ1n) is 16.1. The van der Waals surface area contributed by atoms with E-state index in [1.54, 1.807) is 30.5 Å². The highest BCUT2D eigenvalue weighted by molar-refractivity contribution is 9.10. The Hall–Kier alpha value is -5.26. The number of hydrogen-bond acceptors (Lipinski definition) is 8. The van der Waals surface area contributed by atoms with E-state index in [2.05, 4.69) is 21.2 Å². The van der Waals surface area contributed by atoms with E-state index >= 15 is 0 Å². The van der Waals surface area contributed by atoms with Gasteiger partial charge in [0.05, 0.1) is 45.1 Å². The van der Waals surface area contributed by atoms with Crippen molar-refractivity contribution in [2.75, 3.05) is 18.5 Å². The van der Waals surface area contributed by atoms with Gasteiger partial charge in [-0.05, 0) is 108 Å². The number of carbonyl (C=O) groups excluding carboxylic acids is 2. The number of carbonyl (C=O) groups is 2. The molecule has 1 N–H and O–H groups in total. The minimum absolute atomic E-state index is 0.257. The van der Waals surface area contributed by atoms with Crippen LogP contribution in [0, 0.1) is 0 Å². The Morgan fingerprint density at radius 1 is 0.940 bits per heavy atom. The number of thiazole rings is 1. The highest BCUT2D eigenvalue weighted by atomic mass is 79.9. The van der Waals surface area contributed by atoms with Gasteiger partial charge in [0.2, 0.25) is 0 Å². The van der Waals surface area contributed by atoms with Crippen LogP contribution in [0.4, 0.5) is 5.69 Å². The molecule has 1 aromatic heterocycles. The van der Waals surface area contributed by atoms with Gasteiger partial charge in [-0.1, -0.05) is 59.9 Å². The van der Waals surface area contributed by atoms with Gasteiger partial charge >= 0.3 is 5.97 Å². The standard InChI is InChI=1S/C39H34BrN3O6S/c1-4-47-30-18-16-27(17-19-30)35-34(36(44)42-29-9-7-6-8-10-29)24(3)41-39-43(35)37(45)33(50-39)22-26-13-20-32(31(40)21-26)49-23-25-11-14-28(15-12-25)38(46)48-5-2/h6-22,35H,4-5,23H2,1-3H3,(H,42,44)/b33-22-/t35-/m0/s1. The van der Waals surface area contributed by atoms with E-state index in [1.807, 2.05) is 97.9 Å². The van der Waals surface area contributed by atoms with Crippen LogP contribution in [0.1, 0.15) is 53.9 Å². The summed E-state index contributed by atoms with van der Waals surface area (Å²) >= 11 is 4.88. The van der Waals surface area contributed by atoms with Gasteiger partial charge in [-0.15, -0.1) is 0 Å². The van der Waals surface area contributed by atoms with Crippen LogP contribution < -0.4 is 29.7 Å². The second-order valence-electron chi connectivity index (χ2n) is 11.3. The molecule has 9 nitrogen and oxygen atoms in total. The minimum Gasteiger partial charge on any atom is -0.494 e. The molecule has 0 saturated heterocycles. The third-order valence-corrected chi connectivity index (χ3v) is 9.52. The molecule has 1 aliphatic heterocycles. The zero-order valence-corrected chi connectivity index (χ0v) is 30.0. The number of nitrogens with zero attached hydrogens (tertiary/aromatic N) is 2. The molecule has 0 bridgehead atoms.